The second-order valence-electron chi connectivity index (χ2n) is 10.2. The summed E-state index contributed by atoms with van der Waals surface area (Å²) in [6.07, 6.45) is 4.38. The normalized spacial score (nSPS) is 11.9. The Labute approximate surface area is 232 Å². The Kier molecular flexibility index (Phi) is 5.20. The van der Waals surface area contributed by atoms with E-state index in [1.807, 2.05) is 24.3 Å². The van der Waals surface area contributed by atoms with E-state index in [0.717, 1.165) is 17.5 Å². The predicted octanol–water partition coefficient (Wildman–Crippen LogP) is 9.14. The third-order valence-electron chi connectivity index (χ3n) is 8.00. The minimum absolute atomic E-state index is 0.949. The van der Waals surface area contributed by atoms with Gasteiger partial charge < -0.3 is 4.57 Å². The molecule has 0 unspecified atom stereocenters. The first-order valence-electron chi connectivity index (χ1n) is 13.6. The summed E-state index contributed by atoms with van der Waals surface area (Å²) >= 11 is 0. The average molecular weight is 512 g/mol. The monoisotopic (exact) mass is 511 g/mol. The van der Waals surface area contributed by atoms with Crippen molar-refractivity contribution in [3.05, 3.63) is 151 Å². The first-order valence-corrected chi connectivity index (χ1v) is 13.6. The third-order valence-corrected chi connectivity index (χ3v) is 8.00. The molecule has 3 nitrogen and oxygen atoms in total. The van der Waals surface area contributed by atoms with Crippen LogP contribution in [0.1, 0.15) is 11.1 Å². The van der Waals surface area contributed by atoms with E-state index < -0.39 is 0 Å². The lowest BCUT2D eigenvalue weighted by molar-refractivity contribution is 1.12. The lowest BCUT2D eigenvalue weighted by Crippen LogP contribution is -1.99. The Balaban J connectivity index is 0.000000207. The van der Waals surface area contributed by atoms with Crippen LogP contribution in [0.15, 0.2) is 140 Å². The van der Waals surface area contributed by atoms with Crippen LogP contribution in [0.5, 0.6) is 0 Å². The van der Waals surface area contributed by atoms with Crippen molar-refractivity contribution in [1.29, 1.82) is 0 Å². The summed E-state index contributed by atoms with van der Waals surface area (Å²) in [5.74, 6) is 0. The van der Waals surface area contributed by atoms with E-state index in [2.05, 4.69) is 118 Å². The zero-order valence-electron chi connectivity index (χ0n) is 21.8. The highest BCUT2D eigenvalue weighted by Crippen LogP contribution is 2.43. The number of rotatable bonds is 1. The zero-order chi connectivity index (χ0) is 26.5. The van der Waals surface area contributed by atoms with Crippen molar-refractivity contribution in [2.24, 2.45) is 0 Å². The second-order valence-corrected chi connectivity index (χ2v) is 10.2. The molecule has 0 bridgehead atoms. The van der Waals surface area contributed by atoms with Gasteiger partial charge in [-0.05, 0) is 51.9 Å². The minimum atomic E-state index is 0.949. The molecule has 2 aromatic heterocycles. The molecule has 0 saturated carbocycles. The first-order chi connectivity index (χ1) is 19.9. The maximum atomic E-state index is 4.12. The molecule has 0 N–H and O–H groups in total. The van der Waals surface area contributed by atoms with E-state index in [0.29, 0.717) is 0 Å². The van der Waals surface area contributed by atoms with E-state index in [4.69, 9.17) is 0 Å². The maximum absolute atomic E-state index is 4.12. The van der Waals surface area contributed by atoms with Crippen LogP contribution < -0.4 is 0 Å². The van der Waals surface area contributed by atoms with Crippen molar-refractivity contribution < 1.29 is 0 Å². The van der Waals surface area contributed by atoms with E-state index in [1.54, 1.807) is 12.4 Å². The number of aromatic nitrogens is 3. The van der Waals surface area contributed by atoms with E-state index in [1.165, 1.54) is 60.5 Å². The lowest BCUT2D eigenvalue weighted by Gasteiger charge is -2.14. The van der Waals surface area contributed by atoms with Gasteiger partial charge >= 0.3 is 0 Å². The first kappa shape index (κ1) is 22.7. The molecule has 40 heavy (non-hydrogen) atoms. The van der Waals surface area contributed by atoms with Gasteiger partial charge in [-0.15, -0.1) is 0 Å². The Morgan fingerprint density at radius 3 is 2.02 bits per heavy atom. The summed E-state index contributed by atoms with van der Waals surface area (Å²) in [6, 6.07) is 45.5. The summed E-state index contributed by atoms with van der Waals surface area (Å²) in [5, 5.41) is 5.22. The standard InChI is InChI=1S/C29H19N.C8H6N2/c1-4-11-22-19(8-1)16-17-25-24-12-5-6-14-27(24)30(29(22)25)28-15-7-13-23-21-10-3-2-9-20(21)18-26(23)28;1-2-4-8-7(3-1)9-5-6-10-8/h1-17H,18H2;1-6H. The van der Waals surface area contributed by atoms with Crippen LogP contribution in [-0.2, 0) is 6.42 Å². The van der Waals surface area contributed by atoms with Crippen molar-refractivity contribution in [2.45, 2.75) is 6.42 Å². The number of nitrogens with zero attached hydrogens (tertiary/aromatic N) is 3. The van der Waals surface area contributed by atoms with Crippen LogP contribution in [-0.4, -0.2) is 14.5 Å². The van der Waals surface area contributed by atoms with Gasteiger partial charge in [-0.1, -0.05) is 103 Å². The largest absolute Gasteiger partial charge is 0.308 e. The lowest BCUT2D eigenvalue weighted by atomic mass is 10.0. The number of para-hydroxylation sites is 3. The van der Waals surface area contributed by atoms with E-state index >= 15 is 0 Å². The molecule has 0 spiro atoms. The Bertz CT molecular complexity index is 2140. The summed E-state index contributed by atoms with van der Waals surface area (Å²) in [5.41, 5.74) is 11.4. The van der Waals surface area contributed by atoms with Gasteiger partial charge in [0.05, 0.1) is 27.8 Å². The van der Waals surface area contributed by atoms with Crippen LogP contribution in [0.25, 0.3) is 60.4 Å². The van der Waals surface area contributed by atoms with Crippen molar-refractivity contribution in [3.63, 3.8) is 0 Å². The van der Waals surface area contributed by atoms with Gasteiger partial charge in [-0.25, -0.2) is 0 Å². The quantitative estimate of drug-likeness (QED) is 0.220. The summed E-state index contributed by atoms with van der Waals surface area (Å²) in [6.45, 7) is 0. The Morgan fingerprint density at radius 2 is 1.18 bits per heavy atom. The van der Waals surface area contributed by atoms with E-state index in [-0.39, 0.29) is 0 Å². The third kappa shape index (κ3) is 3.52. The molecule has 188 valence electrons. The molecule has 8 aromatic rings. The predicted molar refractivity (Wildman–Crippen MR) is 166 cm³/mol. The molecule has 1 aliphatic rings. The number of hydrogen-bond donors (Lipinski definition) is 0. The van der Waals surface area contributed by atoms with Crippen LogP contribution in [0.4, 0.5) is 0 Å². The maximum Gasteiger partial charge on any atom is 0.0886 e. The van der Waals surface area contributed by atoms with Gasteiger partial charge in [0.15, 0.2) is 0 Å². The fourth-order valence-electron chi connectivity index (χ4n) is 6.24. The molecule has 2 heterocycles. The topological polar surface area (TPSA) is 30.7 Å². The molecule has 3 heteroatoms. The van der Waals surface area contributed by atoms with Gasteiger partial charge in [-0.3, -0.25) is 9.97 Å². The fourth-order valence-corrected chi connectivity index (χ4v) is 6.24. The zero-order valence-corrected chi connectivity index (χ0v) is 21.8. The minimum Gasteiger partial charge on any atom is -0.308 e. The highest BCUT2D eigenvalue weighted by atomic mass is 15.0. The van der Waals surface area contributed by atoms with Crippen molar-refractivity contribution >= 4 is 43.6 Å². The number of fused-ring (bicyclic) bond motifs is 9. The summed E-state index contributed by atoms with van der Waals surface area (Å²) < 4.78 is 2.50. The van der Waals surface area contributed by atoms with Crippen LogP contribution >= 0.6 is 0 Å². The molecule has 1 aliphatic carbocycles. The smallest absolute Gasteiger partial charge is 0.0886 e. The molecule has 0 aliphatic heterocycles. The van der Waals surface area contributed by atoms with Gasteiger partial charge in [0.2, 0.25) is 0 Å². The van der Waals surface area contributed by atoms with Crippen LogP contribution in [0.2, 0.25) is 0 Å². The van der Waals surface area contributed by atoms with Gasteiger partial charge in [-0.2, -0.15) is 0 Å². The molecule has 0 saturated heterocycles. The van der Waals surface area contributed by atoms with Crippen molar-refractivity contribution in [1.82, 2.24) is 14.5 Å². The summed E-state index contributed by atoms with van der Waals surface area (Å²) in [7, 11) is 0. The second kappa shape index (κ2) is 9.18. The molecule has 6 aromatic carbocycles. The number of hydrogen-bond acceptors (Lipinski definition) is 2. The SMILES string of the molecule is c1ccc2c(c1)Cc1c-2cccc1-n1c2ccccc2c2ccc3ccccc3c21.c1ccc2nccnc2c1. The molecule has 0 amide bonds. The average Bonchev–Trinajstić information content (AvgIpc) is 3.58. The number of benzene rings is 6. The van der Waals surface area contributed by atoms with E-state index in [9.17, 15) is 0 Å². The van der Waals surface area contributed by atoms with Crippen molar-refractivity contribution in [2.75, 3.05) is 0 Å². The van der Waals surface area contributed by atoms with Crippen LogP contribution in [0, 0.1) is 0 Å². The van der Waals surface area contributed by atoms with Crippen LogP contribution in [0.3, 0.4) is 0 Å². The summed E-state index contributed by atoms with van der Waals surface area (Å²) in [4.78, 5) is 8.24. The highest BCUT2D eigenvalue weighted by molar-refractivity contribution is 6.18. The molecule has 0 atom stereocenters. The van der Waals surface area contributed by atoms with Crippen molar-refractivity contribution in [3.8, 4) is 16.8 Å². The highest BCUT2D eigenvalue weighted by Gasteiger charge is 2.23. The van der Waals surface area contributed by atoms with Gasteiger partial charge in [0.25, 0.3) is 0 Å². The fraction of sp³-hybridized carbons (Fsp3) is 0.0270. The molecule has 0 radical (unpaired) electrons. The molecule has 9 rings (SSSR count). The Hall–Kier alpha value is -5.28. The van der Waals surface area contributed by atoms with Gasteiger partial charge in [0, 0.05) is 35.0 Å². The molecular formula is C37H25N3. The van der Waals surface area contributed by atoms with Gasteiger partial charge in [0.1, 0.15) is 0 Å². The molecular weight excluding hydrogens is 486 g/mol. The Morgan fingerprint density at radius 1 is 0.500 bits per heavy atom. The molecule has 0 fully saturated rings.